The molecule has 23 heavy (non-hydrogen) atoms. The van der Waals surface area contributed by atoms with Gasteiger partial charge in [-0.15, -0.1) is 0 Å². The number of carbonyl (C=O) groups is 1. The molecular formula is C19H33NO3. The number of carbonyl (C=O) groups excluding carboxylic acids is 1. The lowest BCUT2D eigenvalue weighted by molar-refractivity contribution is -0.0118. The highest BCUT2D eigenvalue weighted by Gasteiger charge is 2.36. The Hall–Kier alpha value is -1.55. The first kappa shape index (κ1) is 21.4. The zero-order chi connectivity index (χ0) is 18.1. The Morgan fingerprint density at radius 2 is 1.78 bits per heavy atom. The maximum absolute atomic E-state index is 12.0. The van der Waals surface area contributed by atoms with Crippen LogP contribution in [-0.4, -0.2) is 40.4 Å². The van der Waals surface area contributed by atoms with Crippen molar-refractivity contribution in [2.75, 3.05) is 13.1 Å². The fraction of sp³-hybridized carbons (Fsp3) is 0.632. The van der Waals surface area contributed by atoms with Gasteiger partial charge in [0.25, 0.3) is 0 Å². The van der Waals surface area contributed by atoms with Gasteiger partial charge in [0, 0.05) is 13.1 Å². The highest BCUT2D eigenvalue weighted by atomic mass is 16.6. The number of aliphatic hydroxyl groups is 1. The topological polar surface area (TPSA) is 49.8 Å². The number of likely N-dealkylation sites (tertiary alicyclic amines) is 1. The molecule has 1 aliphatic rings. The van der Waals surface area contributed by atoms with E-state index in [-0.39, 0.29) is 6.09 Å². The van der Waals surface area contributed by atoms with E-state index in [4.69, 9.17) is 4.74 Å². The predicted molar refractivity (Wildman–Crippen MR) is 96.4 cm³/mol. The summed E-state index contributed by atoms with van der Waals surface area (Å²) in [5, 5.41) is 10.7. The van der Waals surface area contributed by atoms with Crippen LogP contribution in [0.5, 0.6) is 0 Å². The first-order valence-corrected chi connectivity index (χ1v) is 8.38. The minimum atomic E-state index is -0.917. The van der Waals surface area contributed by atoms with E-state index in [9.17, 15) is 9.90 Å². The zero-order valence-corrected chi connectivity index (χ0v) is 15.6. The molecule has 0 aromatic heterocycles. The monoisotopic (exact) mass is 323 g/mol. The van der Waals surface area contributed by atoms with Crippen LogP contribution in [0.15, 0.2) is 36.5 Å². The Balaban J connectivity index is 0.00000232. The van der Waals surface area contributed by atoms with Gasteiger partial charge in [0.05, 0.1) is 5.60 Å². The SMILES string of the molecule is C=C/C(=C\C=C/C)C1(O)CCN(C(=O)OC(C)(C)C)CC1.CC. The molecule has 1 amide bonds. The summed E-state index contributed by atoms with van der Waals surface area (Å²) in [6.45, 7) is 16.2. The number of hydrogen-bond donors (Lipinski definition) is 1. The van der Waals surface area contributed by atoms with E-state index in [0.717, 1.165) is 5.57 Å². The smallest absolute Gasteiger partial charge is 0.410 e. The molecule has 1 saturated heterocycles. The molecule has 0 atom stereocenters. The molecule has 0 aromatic carbocycles. The van der Waals surface area contributed by atoms with Crippen molar-refractivity contribution in [2.24, 2.45) is 0 Å². The lowest BCUT2D eigenvalue weighted by Crippen LogP contribution is -2.48. The van der Waals surface area contributed by atoms with Crippen LogP contribution in [0.2, 0.25) is 0 Å². The molecule has 1 N–H and O–H groups in total. The molecule has 1 fully saturated rings. The molecule has 0 aromatic rings. The lowest BCUT2D eigenvalue weighted by Gasteiger charge is -2.39. The van der Waals surface area contributed by atoms with Gasteiger partial charge in [0.2, 0.25) is 0 Å². The van der Waals surface area contributed by atoms with Crippen molar-refractivity contribution in [1.29, 1.82) is 0 Å². The second kappa shape index (κ2) is 9.56. The normalized spacial score (nSPS) is 18.2. The lowest BCUT2D eigenvalue weighted by atomic mass is 9.84. The summed E-state index contributed by atoms with van der Waals surface area (Å²) in [5.41, 5.74) is -0.618. The number of allylic oxidation sites excluding steroid dienone is 3. The standard InChI is InChI=1S/C17H27NO3.C2H6/c1-6-8-9-14(7-2)17(20)10-12-18(13-11-17)15(19)21-16(3,4)5;1-2/h6-9,20H,2,10-13H2,1,3-5H3;1-2H3/b8-6-,14-9+;. The third kappa shape index (κ3) is 7.04. The van der Waals surface area contributed by atoms with E-state index in [2.05, 4.69) is 6.58 Å². The molecule has 0 bridgehead atoms. The van der Waals surface area contributed by atoms with Crippen LogP contribution in [-0.2, 0) is 4.74 Å². The number of ether oxygens (including phenoxy) is 1. The van der Waals surface area contributed by atoms with Crippen molar-refractivity contribution in [2.45, 2.75) is 65.6 Å². The fourth-order valence-corrected chi connectivity index (χ4v) is 2.29. The van der Waals surface area contributed by atoms with Crippen LogP contribution in [0.1, 0.15) is 54.4 Å². The number of hydrogen-bond acceptors (Lipinski definition) is 3. The Morgan fingerprint density at radius 1 is 1.26 bits per heavy atom. The van der Waals surface area contributed by atoms with E-state index in [1.165, 1.54) is 0 Å². The van der Waals surface area contributed by atoms with Gasteiger partial charge in [-0.2, -0.15) is 0 Å². The van der Waals surface area contributed by atoms with Gasteiger partial charge in [-0.05, 0) is 46.1 Å². The molecule has 1 rings (SSSR count). The van der Waals surface area contributed by atoms with Crippen molar-refractivity contribution >= 4 is 6.09 Å². The number of nitrogens with zero attached hydrogens (tertiary/aromatic N) is 1. The molecule has 132 valence electrons. The largest absolute Gasteiger partial charge is 0.444 e. The number of piperidine rings is 1. The van der Waals surface area contributed by atoms with E-state index in [1.807, 2.05) is 59.8 Å². The summed E-state index contributed by atoms with van der Waals surface area (Å²) in [5.74, 6) is 0. The van der Waals surface area contributed by atoms with Gasteiger partial charge < -0.3 is 14.7 Å². The third-order valence-electron chi connectivity index (χ3n) is 3.47. The van der Waals surface area contributed by atoms with Gasteiger partial charge in [0.1, 0.15) is 5.60 Å². The van der Waals surface area contributed by atoms with Crippen LogP contribution in [0, 0.1) is 0 Å². The van der Waals surface area contributed by atoms with Gasteiger partial charge >= 0.3 is 6.09 Å². The van der Waals surface area contributed by atoms with Gasteiger partial charge in [-0.3, -0.25) is 0 Å². The molecule has 1 aliphatic heterocycles. The molecule has 0 spiro atoms. The molecule has 0 unspecified atom stereocenters. The van der Waals surface area contributed by atoms with E-state index < -0.39 is 11.2 Å². The van der Waals surface area contributed by atoms with Crippen molar-refractivity contribution in [1.82, 2.24) is 4.90 Å². The molecular weight excluding hydrogens is 290 g/mol. The molecule has 0 radical (unpaired) electrons. The van der Waals surface area contributed by atoms with Crippen molar-refractivity contribution in [3.8, 4) is 0 Å². The molecule has 1 heterocycles. The van der Waals surface area contributed by atoms with Gasteiger partial charge in [-0.1, -0.05) is 44.7 Å². The number of rotatable bonds is 3. The highest BCUT2D eigenvalue weighted by Crippen LogP contribution is 2.31. The summed E-state index contributed by atoms with van der Waals surface area (Å²) >= 11 is 0. The zero-order valence-electron chi connectivity index (χ0n) is 15.6. The Kier molecular flexibility index (Phi) is 8.91. The predicted octanol–water partition coefficient (Wildman–Crippen LogP) is 4.46. The average molecular weight is 323 g/mol. The third-order valence-corrected chi connectivity index (χ3v) is 3.47. The van der Waals surface area contributed by atoms with Crippen molar-refractivity contribution < 1.29 is 14.6 Å². The second-order valence-corrected chi connectivity index (χ2v) is 6.35. The van der Waals surface area contributed by atoms with Crippen LogP contribution in [0.3, 0.4) is 0 Å². The maximum Gasteiger partial charge on any atom is 0.410 e. The second-order valence-electron chi connectivity index (χ2n) is 6.35. The van der Waals surface area contributed by atoms with Crippen LogP contribution in [0.4, 0.5) is 4.79 Å². The average Bonchev–Trinajstić information content (AvgIpc) is 2.49. The van der Waals surface area contributed by atoms with Crippen LogP contribution < -0.4 is 0 Å². The fourth-order valence-electron chi connectivity index (χ4n) is 2.29. The Morgan fingerprint density at radius 3 is 2.17 bits per heavy atom. The highest BCUT2D eigenvalue weighted by molar-refractivity contribution is 5.68. The van der Waals surface area contributed by atoms with Crippen molar-refractivity contribution in [3.63, 3.8) is 0 Å². The summed E-state index contributed by atoms with van der Waals surface area (Å²) < 4.78 is 5.36. The van der Waals surface area contributed by atoms with Crippen LogP contribution >= 0.6 is 0 Å². The van der Waals surface area contributed by atoms with E-state index in [0.29, 0.717) is 25.9 Å². The molecule has 0 saturated carbocycles. The Labute approximate surface area is 141 Å². The maximum atomic E-state index is 12.0. The summed E-state index contributed by atoms with van der Waals surface area (Å²) in [4.78, 5) is 13.7. The van der Waals surface area contributed by atoms with Crippen molar-refractivity contribution in [3.05, 3.63) is 36.5 Å². The van der Waals surface area contributed by atoms with Gasteiger partial charge in [-0.25, -0.2) is 4.79 Å². The minimum Gasteiger partial charge on any atom is -0.444 e. The molecule has 4 nitrogen and oxygen atoms in total. The summed E-state index contributed by atoms with van der Waals surface area (Å²) in [6, 6.07) is 0. The minimum absolute atomic E-state index is 0.317. The first-order chi connectivity index (χ1) is 10.7. The van der Waals surface area contributed by atoms with E-state index >= 15 is 0 Å². The number of amides is 1. The molecule has 0 aliphatic carbocycles. The van der Waals surface area contributed by atoms with Crippen LogP contribution in [0.25, 0.3) is 0 Å². The van der Waals surface area contributed by atoms with E-state index in [1.54, 1.807) is 11.0 Å². The first-order valence-electron chi connectivity index (χ1n) is 8.38. The van der Waals surface area contributed by atoms with Gasteiger partial charge in [0.15, 0.2) is 0 Å². The summed E-state index contributed by atoms with van der Waals surface area (Å²) in [7, 11) is 0. The Bertz CT molecular complexity index is 436. The summed E-state index contributed by atoms with van der Waals surface area (Å²) in [6.07, 6.45) is 8.00. The quantitative estimate of drug-likeness (QED) is 0.780. The molecule has 4 heteroatoms.